The summed E-state index contributed by atoms with van der Waals surface area (Å²) in [6.45, 7) is 6.60. The molecule has 0 fully saturated rings. The molecule has 0 bridgehead atoms. The Hall–Kier alpha value is -2.37. The van der Waals surface area contributed by atoms with Crippen molar-refractivity contribution in [3.63, 3.8) is 0 Å². The second kappa shape index (κ2) is 49.3. The van der Waals surface area contributed by atoms with Crippen LogP contribution >= 0.6 is 0 Å². The number of rotatable bonds is 47. The lowest BCUT2D eigenvalue weighted by Crippen LogP contribution is -2.30. The standard InChI is InChI=1S/C54H98O6/c1-4-7-10-13-16-19-21-23-25-27-29-30-32-35-38-41-44-47-53(56)59-50-51(49-58-52(55)46-43-40-37-34-18-15-12-9-6-3)60-54(57)48-45-42-39-36-33-31-28-26-24-22-20-17-14-11-8-5-2/h20,22-23,25-26,28,51H,4-19,21,24,27,29-50H2,1-3H3/b22-20-,25-23-,28-26-. The van der Waals surface area contributed by atoms with Crippen LogP contribution in [0.5, 0.6) is 0 Å². The van der Waals surface area contributed by atoms with E-state index >= 15 is 0 Å². The summed E-state index contributed by atoms with van der Waals surface area (Å²) in [5, 5.41) is 0. The number of carbonyl (C=O) groups excluding carboxylic acids is 3. The average Bonchev–Trinajstić information content (AvgIpc) is 3.24. The minimum atomic E-state index is -0.776. The zero-order valence-corrected chi connectivity index (χ0v) is 40.0. The van der Waals surface area contributed by atoms with Crippen LogP contribution in [-0.2, 0) is 28.6 Å². The van der Waals surface area contributed by atoms with Gasteiger partial charge in [0.25, 0.3) is 0 Å². The van der Waals surface area contributed by atoms with E-state index in [1.807, 2.05) is 0 Å². The van der Waals surface area contributed by atoms with Gasteiger partial charge in [-0.05, 0) is 77.0 Å². The maximum Gasteiger partial charge on any atom is 0.306 e. The van der Waals surface area contributed by atoms with Crippen molar-refractivity contribution in [3.05, 3.63) is 36.5 Å². The first-order valence-corrected chi connectivity index (χ1v) is 26.0. The van der Waals surface area contributed by atoms with Crippen LogP contribution in [0.4, 0.5) is 0 Å². The number of allylic oxidation sites excluding steroid dienone is 6. The van der Waals surface area contributed by atoms with Crippen LogP contribution in [0.2, 0.25) is 0 Å². The van der Waals surface area contributed by atoms with Crippen LogP contribution in [0, 0.1) is 0 Å². The highest BCUT2D eigenvalue weighted by Crippen LogP contribution is 2.15. The van der Waals surface area contributed by atoms with Crippen molar-refractivity contribution in [1.29, 1.82) is 0 Å². The molecule has 0 rings (SSSR count). The number of hydrogen-bond acceptors (Lipinski definition) is 6. The molecule has 1 unspecified atom stereocenters. The van der Waals surface area contributed by atoms with E-state index in [9.17, 15) is 14.4 Å². The molecule has 0 amide bonds. The molecule has 6 heteroatoms. The minimum Gasteiger partial charge on any atom is -0.462 e. The van der Waals surface area contributed by atoms with Crippen molar-refractivity contribution in [3.8, 4) is 0 Å². The van der Waals surface area contributed by atoms with Gasteiger partial charge in [-0.1, -0.05) is 211 Å². The summed E-state index contributed by atoms with van der Waals surface area (Å²) in [5.41, 5.74) is 0. The van der Waals surface area contributed by atoms with Crippen LogP contribution in [0.15, 0.2) is 36.5 Å². The molecular weight excluding hydrogens is 745 g/mol. The van der Waals surface area contributed by atoms with Gasteiger partial charge in [-0.2, -0.15) is 0 Å². The zero-order chi connectivity index (χ0) is 43.7. The van der Waals surface area contributed by atoms with Crippen molar-refractivity contribution in [2.24, 2.45) is 0 Å². The van der Waals surface area contributed by atoms with Gasteiger partial charge in [-0.15, -0.1) is 0 Å². The highest BCUT2D eigenvalue weighted by molar-refractivity contribution is 5.71. The van der Waals surface area contributed by atoms with E-state index in [2.05, 4.69) is 57.2 Å². The molecule has 0 aliphatic rings. The molecule has 350 valence electrons. The molecule has 60 heavy (non-hydrogen) atoms. The Bertz CT molecular complexity index is 1020. The SMILES string of the molecule is CCCCCC/C=C\C/C=C\CCCCCCCC(=O)OC(COC(=O)CCCCCCCCC/C=C\CCCCCCCC)COC(=O)CCCCCCCCCCC. The van der Waals surface area contributed by atoms with E-state index in [0.717, 1.165) is 83.5 Å². The van der Waals surface area contributed by atoms with Gasteiger partial charge in [0, 0.05) is 19.3 Å². The largest absolute Gasteiger partial charge is 0.462 e. The third kappa shape index (κ3) is 46.7. The first-order valence-electron chi connectivity index (χ1n) is 26.0. The highest BCUT2D eigenvalue weighted by atomic mass is 16.6. The molecule has 6 nitrogen and oxygen atoms in total. The molecule has 0 aliphatic heterocycles. The summed E-state index contributed by atoms with van der Waals surface area (Å²) in [5.74, 6) is -0.889. The fourth-order valence-electron chi connectivity index (χ4n) is 7.41. The van der Waals surface area contributed by atoms with Crippen molar-refractivity contribution >= 4 is 17.9 Å². The summed E-state index contributed by atoms with van der Waals surface area (Å²) in [7, 11) is 0. The molecule has 0 aliphatic carbocycles. The molecule has 0 saturated carbocycles. The van der Waals surface area contributed by atoms with Crippen LogP contribution in [-0.4, -0.2) is 37.2 Å². The monoisotopic (exact) mass is 843 g/mol. The molecule has 0 radical (unpaired) electrons. The first kappa shape index (κ1) is 57.6. The normalized spacial score (nSPS) is 12.2. The van der Waals surface area contributed by atoms with Gasteiger partial charge in [0.15, 0.2) is 6.10 Å². The van der Waals surface area contributed by atoms with E-state index in [1.54, 1.807) is 0 Å². The lowest BCUT2D eigenvalue weighted by atomic mass is 10.1. The van der Waals surface area contributed by atoms with E-state index in [1.165, 1.54) is 148 Å². The third-order valence-electron chi connectivity index (χ3n) is 11.4. The van der Waals surface area contributed by atoms with Gasteiger partial charge < -0.3 is 14.2 Å². The van der Waals surface area contributed by atoms with Gasteiger partial charge in [-0.25, -0.2) is 0 Å². The molecule has 0 saturated heterocycles. The number of esters is 3. The predicted molar refractivity (Wildman–Crippen MR) is 256 cm³/mol. The third-order valence-corrected chi connectivity index (χ3v) is 11.4. The number of hydrogen-bond donors (Lipinski definition) is 0. The molecule has 0 aromatic heterocycles. The summed E-state index contributed by atoms with van der Waals surface area (Å²) in [6.07, 6.45) is 57.0. The number of unbranched alkanes of at least 4 members (excludes halogenated alkanes) is 30. The van der Waals surface area contributed by atoms with E-state index in [-0.39, 0.29) is 31.1 Å². The summed E-state index contributed by atoms with van der Waals surface area (Å²) < 4.78 is 16.8. The Morgan fingerprint density at radius 2 is 0.600 bits per heavy atom. The fourth-order valence-corrected chi connectivity index (χ4v) is 7.41. The Balaban J connectivity index is 4.33. The van der Waals surface area contributed by atoms with Gasteiger partial charge in [0.05, 0.1) is 0 Å². The molecular formula is C54H98O6. The van der Waals surface area contributed by atoms with Crippen molar-refractivity contribution in [1.82, 2.24) is 0 Å². The van der Waals surface area contributed by atoms with Crippen molar-refractivity contribution in [2.45, 2.75) is 277 Å². The van der Waals surface area contributed by atoms with E-state index < -0.39 is 6.10 Å². The second-order valence-corrected chi connectivity index (χ2v) is 17.4. The zero-order valence-electron chi connectivity index (χ0n) is 40.0. The lowest BCUT2D eigenvalue weighted by molar-refractivity contribution is -0.167. The topological polar surface area (TPSA) is 78.9 Å². The number of carbonyl (C=O) groups is 3. The van der Waals surface area contributed by atoms with Crippen LogP contribution in [0.25, 0.3) is 0 Å². The van der Waals surface area contributed by atoms with Crippen molar-refractivity contribution in [2.75, 3.05) is 13.2 Å². The average molecular weight is 843 g/mol. The van der Waals surface area contributed by atoms with Crippen LogP contribution < -0.4 is 0 Å². The second-order valence-electron chi connectivity index (χ2n) is 17.4. The quantitative estimate of drug-likeness (QED) is 0.0263. The molecule has 1 atom stereocenters. The minimum absolute atomic E-state index is 0.0769. The fraction of sp³-hybridized carbons (Fsp3) is 0.833. The predicted octanol–water partition coefficient (Wildman–Crippen LogP) is 16.9. The Labute approximate surface area is 372 Å². The van der Waals surface area contributed by atoms with Gasteiger partial charge in [0.2, 0.25) is 0 Å². The van der Waals surface area contributed by atoms with Gasteiger partial charge in [0.1, 0.15) is 13.2 Å². The van der Waals surface area contributed by atoms with Gasteiger partial charge in [-0.3, -0.25) is 14.4 Å². The van der Waals surface area contributed by atoms with Crippen LogP contribution in [0.1, 0.15) is 271 Å². The molecule has 0 N–H and O–H groups in total. The lowest BCUT2D eigenvalue weighted by Gasteiger charge is -2.18. The maximum atomic E-state index is 12.8. The van der Waals surface area contributed by atoms with E-state index in [0.29, 0.717) is 19.3 Å². The smallest absolute Gasteiger partial charge is 0.306 e. The Kier molecular flexibility index (Phi) is 47.3. The molecule has 0 aromatic carbocycles. The Morgan fingerprint density at radius 1 is 0.333 bits per heavy atom. The first-order chi connectivity index (χ1) is 29.5. The summed E-state index contributed by atoms with van der Waals surface area (Å²) in [6, 6.07) is 0. The van der Waals surface area contributed by atoms with E-state index in [4.69, 9.17) is 14.2 Å². The van der Waals surface area contributed by atoms with Crippen LogP contribution in [0.3, 0.4) is 0 Å². The number of ether oxygens (including phenoxy) is 3. The summed E-state index contributed by atoms with van der Waals surface area (Å²) >= 11 is 0. The van der Waals surface area contributed by atoms with Crippen molar-refractivity contribution < 1.29 is 28.6 Å². The summed E-state index contributed by atoms with van der Waals surface area (Å²) in [4.78, 5) is 37.9. The Morgan fingerprint density at radius 3 is 0.950 bits per heavy atom. The highest BCUT2D eigenvalue weighted by Gasteiger charge is 2.19. The maximum absolute atomic E-state index is 12.8. The molecule has 0 spiro atoms. The molecule has 0 aromatic rings. The van der Waals surface area contributed by atoms with Gasteiger partial charge >= 0.3 is 17.9 Å². The molecule has 0 heterocycles.